The fraction of sp³-hybridized carbons (Fsp3) is 0.296. The largest absolute Gasteiger partial charge is 0.382 e. The van der Waals surface area contributed by atoms with Crippen molar-refractivity contribution in [3.63, 3.8) is 0 Å². The van der Waals surface area contributed by atoms with Gasteiger partial charge in [-0.3, -0.25) is 14.0 Å². The Balaban J connectivity index is 1.27. The number of amides is 2. The summed E-state index contributed by atoms with van der Waals surface area (Å²) in [5, 5.41) is 2.79. The normalized spacial score (nSPS) is 19.4. The van der Waals surface area contributed by atoms with Crippen molar-refractivity contribution in [3.8, 4) is 11.3 Å². The van der Waals surface area contributed by atoms with Crippen molar-refractivity contribution in [3.05, 3.63) is 72.4 Å². The van der Waals surface area contributed by atoms with Gasteiger partial charge < -0.3 is 20.7 Å². The molecule has 188 valence electrons. The molecule has 6 rings (SSSR count). The van der Waals surface area contributed by atoms with Gasteiger partial charge in [0.05, 0.1) is 12.5 Å². The summed E-state index contributed by atoms with van der Waals surface area (Å²) >= 11 is 0. The SMILES string of the molecule is Nc1nccn2c([C@@H]3CCN(C(=O)C4CCOC4)C3)nc(-c3ccc(C(=O)Nc4ccccn4)cc3)c12. The zero-order valence-corrected chi connectivity index (χ0v) is 20.2. The fourth-order valence-electron chi connectivity index (χ4n) is 5.14. The maximum atomic E-state index is 12.9. The lowest BCUT2D eigenvalue weighted by atomic mass is 10.1. The van der Waals surface area contributed by atoms with Gasteiger partial charge in [-0.05, 0) is 37.1 Å². The van der Waals surface area contributed by atoms with Crippen LogP contribution >= 0.6 is 0 Å². The highest BCUT2D eigenvalue weighted by atomic mass is 16.5. The van der Waals surface area contributed by atoms with E-state index in [0.29, 0.717) is 49.2 Å². The molecule has 2 amide bonds. The lowest BCUT2D eigenvalue weighted by Crippen LogP contribution is -2.34. The predicted molar refractivity (Wildman–Crippen MR) is 138 cm³/mol. The van der Waals surface area contributed by atoms with E-state index < -0.39 is 0 Å². The van der Waals surface area contributed by atoms with Gasteiger partial charge in [-0.2, -0.15) is 0 Å². The van der Waals surface area contributed by atoms with Crippen LogP contribution in [0.3, 0.4) is 0 Å². The van der Waals surface area contributed by atoms with Crippen molar-refractivity contribution in [2.45, 2.75) is 18.8 Å². The van der Waals surface area contributed by atoms with Crippen LogP contribution in [0, 0.1) is 5.92 Å². The minimum absolute atomic E-state index is 0.0421. The lowest BCUT2D eigenvalue weighted by molar-refractivity contribution is -0.134. The van der Waals surface area contributed by atoms with Crippen LogP contribution in [-0.2, 0) is 9.53 Å². The summed E-state index contributed by atoms with van der Waals surface area (Å²) in [4.78, 5) is 40.9. The topological polar surface area (TPSA) is 128 Å². The van der Waals surface area contributed by atoms with Crippen molar-refractivity contribution >= 4 is 29.0 Å². The molecule has 10 heteroatoms. The number of carbonyl (C=O) groups is 2. The quantitative estimate of drug-likeness (QED) is 0.434. The van der Waals surface area contributed by atoms with Gasteiger partial charge in [0.2, 0.25) is 5.91 Å². The molecule has 0 radical (unpaired) electrons. The Morgan fingerprint density at radius 1 is 1.05 bits per heavy atom. The maximum absolute atomic E-state index is 12.9. The van der Waals surface area contributed by atoms with Crippen LogP contribution in [0.5, 0.6) is 0 Å². The molecule has 2 aliphatic heterocycles. The highest BCUT2D eigenvalue weighted by molar-refractivity contribution is 6.04. The van der Waals surface area contributed by atoms with E-state index in [-0.39, 0.29) is 23.7 Å². The van der Waals surface area contributed by atoms with Gasteiger partial charge in [0, 0.05) is 55.3 Å². The number of fused-ring (bicyclic) bond motifs is 1. The van der Waals surface area contributed by atoms with Gasteiger partial charge in [0.25, 0.3) is 5.91 Å². The highest BCUT2D eigenvalue weighted by Crippen LogP contribution is 2.34. The van der Waals surface area contributed by atoms with Crippen LogP contribution in [0.4, 0.5) is 11.6 Å². The molecule has 1 aromatic carbocycles. The Morgan fingerprint density at radius 3 is 2.68 bits per heavy atom. The van der Waals surface area contributed by atoms with Gasteiger partial charge in [0.15, 0.2) is 0 Å². The molecule has 10 nitrogen and oxygen atoms in total. The third-order valence-corrected chi connectivity index (χ3v) is 7.08. The second-order valence-corrected chi connectivity index (χ2v) is 9.43. The molecule has 0 saturated carbocycles. The molecule has 2 atom stereocenters. The summed E-state index contributed by atoms with van der Waals surface area (Å²) in [7, 11) is 0. The Labute approximate surface area is 213 Å². The Morgan fingerprint density at radius 2 is 1.92 bits per heavy atom. The standard InChI is InChI=1S/C27H27N7O3/c28-24-23-22(17-4-6-18(7-5-17)26(35)31-21-3-1-2-10-29-21)32-25(34(23)13-11-30-24)19-8-12-33(15-19)27(36)20-9-14-37-16-20/h1-7,10-11,13,19-20H,8-9,12,14-16H2,(H2,28,30)(H,29,31,35)/t19-,20?/m1/s1. The molecule has 2 aliphatic rings. The molecule has 2 saturated heterocycles. The number of ether oxygens (including phenoxy) is 1. The average molecular weight is 498 g/mol. The first-order valence-corrected chi connectivity index (χ1v) is 12.4. The highest BCUT2D eigenvalue weighted by Gasteiger charge is 2.35. The number of nitrogens with two attached hydrogens (primary N) is 1. The molecule has 5 heterocycles. The Hall–Kier alpha value is -4.31. The fourth-order valence-corrected chi connectivity index (χ4v) is 5.14. The zero-order chi connectivity index (χ0) is 25.4. The molecule has 0 spiro atoms. The van der Waals surface area contributed by atoms with Crippen LogP contribution in [0.2, 0.25) is 0 Å². The Bertz CT molecular complexity index is 1450. The smallest absolute Gasteiger partial charge is 0.256 e. The van der Waals surface area contributed by atoms with E-state index >= 15 is 0 Å². The average Bonchev–Trinajstić information content (AvgIpc) is 3.69. The van der Waals surface area contributed by atoms with Gasteiger partial charge in [0.1, 0.15) is 28.7 Å². The van der Waals surface area contributed by atoms with Crippen molar-refractivity contribution in [1.82, 2.24) is 24.3 Å². The number of imidazole rings is 1. The minimum Gasteiger partial charge on any atom is -0.382 e. The van der Waals surface area contributed by atoms with E-state index in [9.17, 15) is 9.59 Å². The summed E-state index contributed by atoms with van der Waals surface area (Å²) in [6, 6.07) is 12.6. The predicted octanol–water partition coefficient (Wildman–Crippen LogP) is 2.98. The summed E-state index contributed by atoms with van der Waals surface area (Å²) in [6.07, 6.45) is 6.76. The van der Waals surface area contributed by atoms with E-state index in [0.717, 1.165) is 29.7 Å². The third-order valence-electron chi connectivity index (χ3n) is 7.08. The molecule has 0 bridgehead atoms. The van der Waals surface area contributed by atoms with Gasteiger partial charge >= 0.3 is 0 Å². The van der Waals surface area contributed by atoms with E-state index in [1.807, 2.05) is 33.7 Å². The first kappa shape index (κ1) is 23.1. The molecule has 4 aromatic rings. The zero-order valence-electron chi connectivity index (χ0n) is 20.2. The van der Waals surface area contributed by atoms with E-state index in [1.54, 1.807) is 36.7 Å². The van der Waals surface area contributed by atoms with Crippen molar-refractivity contribution in [2.24, 2.45) is 5.92 Å². The summed E-state index contributed by atoms with van der Waals surface area (Å²) in [5.41, 5.74) is 9.06. The van der Waals surface area contributed by atoms with E-state index in [2.05, 4.69) is 15.3 Å². The number of anilines is 2. The minimum atomic E-state index is -0.245. The summed E-state index contributed by atoms with van der Waals surface area (Å²) < 4.78 is 7.40. The molecule has 0 aliphatic carbocycles. The van der Waals surface area contributed by atoms with E-state index in [4.69, 9.17) is 15.5 Å². The number of nitrogens with zero attached hydrogens (tertiary/aromatic N) is 5. The number of carbonyl (C=O) groups excluding carboxylic acids is 2. The number of benzene rings is 1. The van der Waals surface area contributed by atoms with Crippen molar-refractivity contribution in [2.75, 3.05) is 37.4 Å². The summed E-state index contributed by atoms with van der Waals surface area (Å²) in [5.74, 6) is 1.69. The first-order chi connectivity index (χ1) is 18.1. The lowest BCUT2D eigenvalue weighted by Gasteiger charge is -2.19. The Kier molecular flexibility index (Phi) is 6.01. The van der Waals surface area contributed by atoms with E-state index in [1.165, 1.54) is 0 Å². The molecule has 2 fully saturated rings. The number of hydrogen-bond donors (Lipinski definition) is 2. The van der Waals surface area contributed by atoms with Crippen LogP contribution < -0.4 is 11.1 Å². The van der Waals surface area contributed by atoms with Crippen LogP contribution in [0.1, 0.15) is 34.9 Å². The number of likely N-dealkylation sites (tertiary alicyclic amines) is 1. The second-order valence-electron chi connectivity index (χ2n) is 9.43. The molecule has 3 aromatic heterocycles. The number of hydrogen-bond acceptors (Lipinski definition) is 7. The van der Waals surface area contributed by atoms with Gasteiger partial charge in [-0.25, -0.2) is 15.0 Å². The van der Waals surface area contributed by atoms with Crippen LogP contribution in [0.15, 0.2) is 61.1 Å². The maximum Gasteiger partial charge on any atom is 0.256 e. The number of nitrogens with one attached hydrogen (secondary N) is 1. The van der Waals surface area contributed by atoms with Crippen molar-refractivity contribution < 1.29 is 14.3 Å². The second kappa shape index (κ2) is 9.62. The molecule has 37 heavy (non-hydrogen) atoms. The van der Waals surface area contributed by atoms with Gasteiger partial charge in [-0.1, -0.05) is 18.2 Å². The molecular weight excluding hydrogens is 470 g/mol. The monoisotopic (exact) mass is 497 g/mol. The first-order valence-electron chi connectivity index (χ1n) is 12.4. The van der Waals surface area contributed by atoms with Crippen molar-refractivity contribution in [1.29, 1.82) is 0 Å². The van der Waals surface area contributed by atoms with Crippen LogP contribution in [0.25, 0.3) is 16.8 Å². The molecular formula is C27H27N7O3. The summed E-state index contributed by atoms with van der Waals surface area (Å²) in [6.45, 7) is 2.47. The number of aromatic nitrogens is 4. The molecule has 1 unspecified atom stereocenters. The number of rotatable bonds is 5. The number of nitrogen functional groups attached to an aromatic ring is 1. The number of pyridine rings is 1. The third kappa shape index (κ3) is 4.40. The van der Waals surface area contributed by atoms with Gasteiger partial charge in [-0.15, -0.1) is 0 Å². The molecule has 3 N–H and O–H groups in total. The van der Waals surface area contributed by atoms with Crippen LogP contribution in [-0.4, -0.2) is 62.4 Å².